The third kappa shape index (κ3) is 6.89. The summed E-state index contributed by atoms with van der Waals surface area (Å²) in [5.74, 6) is 2.58. The molecule has 2 saturated heterocycles. The van der Waals surface area contributed by atoms with E-state index in [-0.39, 0.29) is 11.9 Å². The number of carbonyl (C=O) groups is 2. The number of anilines is 1. The molecule has 2 aliphatic heterocycles. The van der Waals surface area contributed by atoms with Crippen molar-refractivity contribution in [1.82, 2.24) is 14.8 Å². The van der Waals surface area contributed by atoms with Gasteiger partial charge in [0.1, 0.15) is 5.82 Å². The molecular formula is C21H32N4O3S. The molecule has 29 heavy (non-hydrogen) atoms. The van der Waals surface area contributed by atoms with Gasteiger partial charge < -0.3 is 14.5 Å². The highest BCUT2D eigenvalue weighted by atomic mass is 32.2. The lowest BCUT2D eigenvalue weighted by Gasteiger charge is -2.39. The lowest BCUT2D eigenvalue weighted by atomic mass is 9.97. The molecule has 1 amide bonds. The molecule has 1 unspecified atom stereocenters. The fourth-order valence-electron chi connectivity index (χ4n) is 4.04. The summed E-state index contributed by atoms with van der Waals surface area (Å²) in [7, 11) is 1.39. The van der Waals surface area contributed by atoms with Crippen LogP contribution in [0.1, 0.15) is 19.3 Å². The number of pyridine rings is 1. The summed E-state index contributed by atoms with van der Waals surface area (Å²) in [6, 6.07) is 6.06. The van der Waals surface area contributed by atoms with Crippen LogP contribution in [0.4, 0.5) is 5.82 Å². The second-order valence-electron chi connectivity index (χ2n) is 7.70. The second-order valence-corrected chi connectivity index (χ2v) is 8.81. The van der Waals surface area contributed by atoms with Gasteiger partial charge in [-0.25, -0.2) is 4.98 Å². The smallest absolute Gasteiger partial charge is 0.315 e. The quantitative estimate of drug-likeness (QED) is 0.469. The molecule has 3 rings (SSSR count). The molecule has 2 aliphatic rings. The van der Waals surface area contributed by atoms with Crippen LogP contribution in [0.2, 0.25) is 0 Å². The van der Waals surface area contributed by atoms with Gasteiger partial charge in [0.25, 0.3) is 0 Å². The maximum Gasteiger partial charge on any atom is 0.315 e. The van der Waals surface area contributed by atoms with Gasteiger partial charge in [-0.05, 0) is 30.9 Å². The molecule has 0 bridgehead atoms. The van der Waals surface area contributed by atoms with Crippen LogP contribution in [0, 0.1) is 5.92 Å². The number of thioether (sulfide) groups is 1. The molecule has 2 fully saturated rings. The molecule has 0 aliphatic carbocycles. The molecule has 1 aromatic heterocycles. The number of amides is 1. The van der Waals surface area contributed by atoms with Gasteiger partial charge in [-0.15, -0.1) is 11.8 Å². The van der Waals surface area contributed by atoms with E-state index < -0.39 is 0 Å². The summed E-state index contributed by atoms with van der Waals surface area (Å²) in [5, 5.41) is 0. The number of ether oxygens (including phenoxy) is 1. The normalized spacial score (nSPS) is 20.5. The molecule has 8 heteroatoms. The SMILES string of the molecule is COC(=O)CSCCC(=O)N1CCCC(CN2CCN(c3ccccn3)CC2)C1. The van der Waals surface area contributed by atoms with Crippen molar-refractivity contribution in [2.75, 3.05) is 69.3 Å². The zero-order chi connectivity index (χ0) is 20.5. The van der Waals surface area contributed by atoms with Crippen LogP contribution in [0.3, 0.4) is 0 Å². The van der Waals surface area contributed by atoms with Crippen molar-refractivity contribution in [2.45, 2.75) is 19.3 Å². The Morgan fingerprint density at radius 2 is 2.03 bits per heavy atom. The Kier molecular flexibility index (Phi) is 8.61. The molecule has 1 aromatic rings. The number of piperazine rings is 1. The molecule has 0 aromatic carbocycles. The first-order chi connectivity index (χ1) is 14.2. The van der Waals surface area contributed by atoms with Crippen molar-refractivity contribution < 1.29 is 14.3 Å². The Hall–Kier alpha value is -1.80. The maximum atomic E-state index is 12.5. The summed E-state index contributed by atoms with van der Waals surface area (Å²) in [5.41, 5.74) is 0. The van der Waals surface area contributed by atoms with Gasteiger partial charge in [0, 0.05) is 64.2 Å². The summed E-state index contributed by atoms with van der Waals surface area (Å²) in [6.07, 6.45) is 4.63. The van der Waals surface area contributed by atoms with Gasteiger partial charge in [-0.3, -0.25) is 14.5 Å². The topological polar surface area (TPSA) is 66.0 Å². The minimum Gasteiger partial charge on any atom is -0.468 e. The van der Waals surface area contributed by atoms with Crippen LogP contribution in [0.5, 0.6) is 0 Å². The molecule has 1 atom stereocenters. The Balaban J connectivity index is 1.36. The molecular weight excluding hydrogens is 388 g/mol. The first-order valence-corrected chi connectivity index (χ1v) is 11.6. The Bertz CT molecular complexity index is 653. The predicted octanol–water partition coefficient (Wildman–Crippen LogP) is 1.74. The monoisotopic (exact) mass is 420 g/mol. The largest absolute Gasteiger partial charge is 0.468 e. The van der Waals surface area contributed by atoms with Crippen molar-refractivity contribution in [3.05, 3.63) is 24.4 Å². The molecule has 160 valence electrons. The first kappa shape index (κ1) is 21.9. The molecule has 0 N–H and O–H groups in total. The van der Waals surface area contributed by atoms with Gasteiger partial charge in [-0.1, -0.05) is 6.07 Å². The van der Waals surface area contributed by atoms with Crippen molar-refractivity contribution in [1.29, 1.82) is 0 Å². The van der Waals surface area contributed by atoms with Crippen molar-refractivity contribution in [3.63, 3.8) is 0 Å². The number of methoxy groups -OCH3 is 1. The van der Waals surface area contributed by atoms with Gasteiger partial charge in [-0.2, -0.15) is 0 Å². The van der Waals surface area contributed by atoms with Gasteiger partial charge >= 0.3 is 5.97 Å². The van der Waals surface area contributed by atoms with E-state index in [1.807, 2.05) is 23.2 Å². The van der Waals surface area contributed by atoms with Crippen LogP contribution in [0.25, 0.3) is 0 Å². The third-order valence-electron chi connectivity index (χ3n) is 5.64. The molecule has 7 nitrogen and oxygen atoms in total. The highest BCUT2D eigenvalue weighted by Crippen LogP contribution is 2.20. The van der Waals surface area contributed by atoms with E-state index in [1.54, 1.807) is 0 Å². The predicted molar refractivity (Wildman–Crippen MR) is 116 cm³/mol. The summed E-state index contributed by atoms with van der Waals surface area (Å²) in [6.45, 7) is 6.90. The van der Waals surface area contributed by atoms with Crippen LogP contribution in [0.15, 0.2) is 24.4 Å². The van der Waals surface area contributed by atoms with E-state index in [0.29, 0.717) is 23.8 Å². The lowest BCUT2D eigenvalue weighted by molar-refractivity contribution is -0.137. The van der Waals surface area contributed by atoms with Crippen LogP contribution in [-0.2, 0) is 14.3 Å². The summed E-state index contributed by atoms with van der Waals surface area (Å²) >= 11 is 1.47. The average Bonchev–Trinajstić information content (AvgIpc) is 2.77. The minimum absolute atomic E-state index is 0.215. The summed E-state index contributed by atoms with van der Waals surface area (Å²) in [4.78, 5) is 35.0. The highest BCUT2D eigenvalue weighted by Gasteiger charge is 2.26. The van der Waals surface area contributed by atoms with Crippen molar-refractivity contribution in [3.8, 4) is 0 Å². The van der Waals surface area contributed by atoms with Crippen LogP contribution < -0.4 is 4.90 Å². The van der Waals surface area contributed by atoms with Gasteiger partial charge in [0.2, 0.25) is 5.91 Å². The number of carbonyl (C=O) groups excluding carboxylic acids is 2. The van der Waals surface area contributed by atoms with E-state index in [0.717, 1.165) is 58.1 Å². The zero-order valence-corrected chi connectivity index (χ0v) is 18.1. The third-order valence-corrected chi connectivity index (χ3v) is 6.57. The maximum absolute atomic E-state index is 12.5. The minimum atomic E-state index is -0.233. The van der Waals surface area contributed by atoms with E-state index in [9.17, 15) is 9.59 Å². The fraction of sp³-hybridized carbons (Fsp3) is 0.667. The number of aromatic nitrogens is 1. The Morgan fingerprint density at radius 3 is 2.76 bits per heavy atom. The molecule has 0 spiro atoms. The number of likely N-dealkylation sites (tertiary alicyclic amines) is 1. The highest BCUT2D eigenvalue weighted by molar-refractivity contribution is 7.99. The van der Waals surface area contributed by atoms with Crippen molar-refractivity contribution >= 4 is 29.5 Å². The number of piperidine rings is 1. The first-order valence-electron chi connectivity index (χ1n) is 10.5. The fourth-order valence-corrected chi connectivity index (χ4v) is 4.79. The van der Waals surface area contributed by atoms with Crippen LogP contribution in [-0.4, -0.2) is 91.1 Å². The lowest BCUT2D eigenvalue weighted by Crippen LogP contribution is -2.50. The van der Waals surface area contributed by atoms with Crippen molar-refractivity contribution in [2.24, 2.45) is 5.92 Å². The zero-order valence-electron chi connectivity index (χ0n) is 17.3. The standard InChI is InChI=1S/C21H32N4O3S/c1-28-21(27)17-29-14-7-20(26)25-9-4-5-18(16-25)15-23-10-12-24(13-11-23)19-6-2-3-8-22-19/h2-3,6,8,18H,4-5,7,9-17H2,1H3. The number of esters is 1. The number of nitrogens with zero attached hydrogens (tertiary/aromatic N) is 4. The number of hydrogen-bond donors (Lipinski definition) is 0. The van der Waals surface area contributed by atoms with Gasteiger partial charge in [0.15, 0.2) is 0 Å². The van der Waals surface area contributed by atoms with Crippen LogP contribution >= 0.6 is 11.8 Å². The average molecular weight is 421 g/mol. The second kappa shape index (κ2) is 11.4. The van der Waals surface area contributed by atoms with E-state index in [1.165, 1.54) is 25.3 Å². The summed E-state index contributed by atoms with van der Waals surface area (Å²) < 4.78 is 4.63. The Morgan fingerprint density at radius 1 is 1.21 bits per heavy atom. The van der Waals surface area contributed by atoms with E-state index >= 15 is 0 Å². The molecule has 0 radical (unpaired) electrons. The van der Waals surface area contributed by atoms with Gasteiger partial charge in [0.05, 0.1) is 12.9 Å². The molecule has 3 heterocycles. The van der Waals surface area contributed by atoms with E-state index in [4.69, 9.17) is 0 Å². The number of rotatable bonds is 8. The van der Waals surface area contributed by atoms with E-state index in [2.05, 4.69) is 25.6 Å². The molecule has 0 saturated carbocycles. The Labute approximate surface area is 177 Å². The number of hydrogen-bond acceptors (Lipinski definition) is 7.